The van der Waals surface area contributed by atoms with Crippen LogP contribution in [0.4, 0.5) is 0 Å². The Kier molecular flexibility index (Phi) is 3.80. The van der Waals surface area contributed by atoms with E-state index in [4.69, 9.17) is 11.2 Å². The van der Waals surface area contributed by atoms with Gasteiger partial charge in [0, 0.05) is 5.92 Å². The van der Waals surface area contributed by atoms with Crippen LogP contribution in [-0.4, -0.2) is 7.11 Å². The summed E-state index contributed by atoms with van der Waals surface area (Å²) < 4.78 is 5.22. The second-order valence-corrected chi connectivity index (χ2v) is 4.01. The number of ether oxygens (including phenoxy) is 1. The lowest BCUT2D eigenvalue weighted by Crippen LogP contribution is -2.02. The fraction of sp³-hybridized carbons (Fsp3) is 0.429. The van der Waals surface area contributed by atoms with Crippen LogP contribution >= 0.6 is 0 Å². The molecular weight excluding hydrogens is 184 g/mol. The summed E-state index contributed by atoms with van der Waals surface area (Å²) in [6, 6.07) is 4.12. The summed E-state index contributed by atoms with van der Waals surface area (Å²) in [7, 11) is 1.69. The fourth-order valence-electron chi connectivity index (χ4n) is 1.76. The van der Waals surface area contributed by atoms with Crippen molar-refractivity contribution in [3.63, 3.8) is 0 Å². The Morgan fingerprint density at radius 1 is 1.33 bits per heavy atom. The minimum absolute atomic E-state index is 0.288. The number of benzene rings is 1. The highest BCUT2D eigenvalue weighted by molar-refractivity contribution is 5.41. The van der Waals surface area contributed by atoms with Gasteiger partial charge in [0.05, 0.1) is 7.11 Å². The fourth-order valence-corrected chi connectivity index (χ4v) is 1.76. The molecule has 80 valence electrons. The predicted molar refractivity (Wildman–Crippen MR) is 64.2 cm³/mol. The smallest absolute Gasteiger partial charge is 0.119 e. The number of methoxy groups -OCH3 is 1. The highest BCUT2D eigenvalue weighted by atomic mass is 16.5. The molecule has 0 heterocycles. The second-order valence-electron chi connectivity index (χ2n) is 4.01. The Morgan fingerprint density at radius 2 is 1.87 bits per heavy atom. The topological polar surface area (TPSA) is 9.23 Å². The normalized spacial score (nSPS) is 11.9. The van der Waals surface area contributed by atoms with Crippen LogP contribution in [0.2, 0.25) is 0 Å². The Morgan fingerprint density at radius 3 is 2.27 bits per heavy atom. The first-order valence-electron chi connectivity index (χ1n) is 5.18. The van der Waals surface area contributed by atoms with Gasteiger partial charge in [-0.2, -0.15) is 0 Å². The molecule has 1 aromatic rings. The second kappa shape index (κ2) is 4.89. The molecule has 0 aliphatic rings. The molecule has 0 saturated carbocycles. The van der Waals surface area contributed by atoms with Gasteiger partial charge in [-0.15, -0.1) is 12.3 Å². The molecule has 1 nitrogen and oxygen atoms in total. The molecule has 0 N–H and O–H groups in total. The number of terminal acetylenes is 1. The lowest BCUT2D eigenvalue weighted by molar-refractivity contribution is 0.414. The highest BCUT2D eigenvalue weighted by Crippen LogP contribution is 2.23. The maximum absolute atomic E-state index is 5.40. The summed E-state index contributed by atoms with van der Waals surface area (Å²) in [4.78, 5) is 0. The molecule has 0 radical (unpaired) electrons. The third-order valence-corrected chi connectivity index (χ3v) is 2.70. The van der Waals surface area contributed by atoms with E-state index in [1.165, 1.54) is 16.7 Å². The SMILES string of the molecule is C#CC(C)Cc1c(C)cc(OC)cc1C. The van der Waals surface area contributed by atoms with Crippen molar-refractivity contribution in [3.8, 4) is 18.1 Å². The van der Waals surface area contributed by atoms with Crippen molar-refractivity contribution in [2.24, 2.45) is 5.92 Å². The van der Waals surface area contributed by atoms with Gasteiger partial charge in [0.1, 0.15) is 5.75 Å². The molecular formula is C14H18O. The van der Waals surface area contributed by atoms with E-state index in [-0.39, 0.29) is 5.92 Å². The number of hydrogen-bond donors (Lipinski definition) is 0. The third-order valence-electron chi connectivity index (χ3n) is 2.70. The summed E-state index contributed by atoms with van der Waals surface area (Å²) >= 11 is 0. The first-order chi connectivity index (χ1) is 7.08. The van der Waals surface area contributed by atoms with Crippen molar-refractivity contribution in [3.05, 3.63) is 28.8 Å². The van der Waals surface area contributed by atoms with Gasteiger partial charge in [-0.3, -0.25) is 0 Å². The number of aryl methyl sites for hydroxylation is 2. The van der Waals surface area contributed by atoms with Gasteiger partial charge in [0.25, 0.3) is 0 Å². The zero-order chi connectivity index (χ0) is 11.4. The molecule has 1 aromatic carbocycles. The Bertz CT molecular complexity index is 362. The lowest BCUT2D eigenvalue weighted by atomic mass is 9.94. The summed E-state index contributed by atoms with van der Waals surface area (Å²) in [5, 5.41) is 0. The average Bonchev–Trinajstić information content (AvgIpc) is 2.22. The molecule has 0 amide bonds. The van der Waals surface area contributed by atoms with Gasteiger partial charge in [-0.1, -0.05) is 6.92 Å². The zero-order valence-corrected chi connectivity index (χ0v) is 9.92. The molecule has 15 heavy (non-hydrogen) atoms. The van der Waals surface area contributed by atoms with Gasteiger partial charge in [0.15, 0.2) is 0 Å². The Hall–Kier alpha value is -1.42. The summed E-state index contributed by atoms with van der Waals surface area (Å²) in [6.07, 6.45) is 6.34. The molecule has 0 aromatic heterocycles. The van der Waals surface area contributed by atoms with Crippen LogP contribution in [0.25, 0.3) is 0 Å². The van der Waals surface area contributed by atoms with Crippen molar-refractivity contribution < 1.29 is 4.74 Å². The molecule has 0 spiro atoms. The van der Waals surface area contributed by atoms with Crippen LogP contribution in [0.5, 0.6) is 5.75 Å². The standard InChI is InChI=1S/C14H18O/c1-6-10(2)7-14-11(3)8-13(15-5)9-12(14)4/h1,8-10H,7H2,2-5H3. The third kappa shape index (κ3) is 2.76. The van der Waals surface area contributed by atoms with Crippen LogP contribution < -0.4 is 4.74 Å². The maximum atomic E-state index is 5.40. The van der Waals surface area contributed by atoms with Crippen molar-refractivity contribution in [1.82, 2.24) is 0 Å². The monoisotopic (exact) mass is 202 g/mol. The average molecular weight is 202 g/mol. The van der Waals surface area contributed by atoms with Gasteiger partial charge >= 0.3 is 0 Å². The molecule has 1 rings (SSSR count). The molecule has 1 atom stereocenters. The van der Waals surface area contributed by atoms with Crippen molar-refractivity contribution in [1.29, 1.82) is 0 Å². The quantitative estimate of drug-likeness (QED) is 0.684. The summed E-state index contributed by atoms with van der Waals surface area (Å²) in [6.45, 7) is 6.28. The molecule has 1 unspecified atom stereocenters. The van der Waals surface area contributed by atoms with Crippen molar-refractivity contribution in [2.75, 3.05) is 7.11 Å². The minimum atomic E-state index is 0.288. The van der Waals surface area contributed by atoms with E-state index in [0.29, 0.717) is 0 Å². The van der Waals surface area contributed by atoms with Crippen LogP contribution in [0.3, 0.4) is 0 Å². The highest BCUT2D eigenvalue weighted by Gasteiger charge is 2.08. The zero-order valence-electron chi connectivity index (χ0n) is 9.92. The largest absolute Gasteiger partial charge is 0.497 e. The van der Waals surface area contributed by atoms with E-state index >= 15 is 0 Å². The van der Waals surface area contributed by atoms with E-state index in [1.807, 2.05) is 0 Å². The molecule has 0 saturated heterocycles. The molecule has 0 aliphatic heterocycles. The van der Waals surface area contributed by atoms with E-state index in [1.54, 1.807) is 7.11 Å². The van der Waals surface area contributed by atoms with E-state index in [0.717, 1.165) is 12.2 Å². The van der Waals surface area contributed by atoms with E-state index in [2.05, 4.69) is 38.8 Å². The molecule has 0 fully saturated rings. The predicted octanol–water partition coefficient (Wildman–Crippen LogP) is 3.12. The number of rotatable bonds is 3. The molecule has 0 bridgehead atoms. The summed E-state index contributed by atoms with van der Waals surface area (Å²) in [5.41, 5.74) is 3.86. The van der Waals surface area contributed by atoms with Gasteiger partial charge in [-0.25, -0.2) is 0 Å². The number of hydrogen-bond acceptors (Lipinski definition) is 1. The summed E-state index contributed by atoms with van der Waals surface area (Å²) in [5.74, 6) is 3.97. The van der Waals surface area contributed by atoms with E-state index < -0.39 is 0 Å². The molecule has 0 aliphatic carbocycles. The van der Waals surface area contributed by atoms with Crippen LogP contribution in [0, 0.1) is 32.1 Å². The Balaban J connectivity index is 3.04. The van der Waals surface area contributed by atoms with Crippen LogP contribution in [-0.2, 0) is 6.42 Å². The first-order valence-corrected chi connectivity index (χ1v) is 5.18. The van der Waals surface area contributed by atoms with Gasteiger partial charge in [-0.05, 0) is 49.1 Å². The van der Waals surface area contributed by atoms with Crippen molar-refractivity contribution >= 4 is 0 Å². The van der Waals surface area contributed by atoms with E-state index in [9.17, 15) is 0 Å². The first kappa shape index (κ1) is 11.7. The Labute approximate surface area is 92.5 Å². The van der Waals surface area contributed by atoms with Crippen LogP contribution in [0.15, 0.2) is 12.1 Å². The van der Waals surface area contributed by atoms with Gasteiger partial charge < -0.3 is 4.74 Å². The lowest BCUT2D eigenvalue weighted by Gasteiger charge is -2.13. The van der Waals surface area contributed by atoms with Crippen LogP contribution in [0.1, 0.15) is 23.6 Å². The minimum Gasteiger partial charge on any atom is -0.497 e. The maximum Gasteiger partial charge on any atom is 0.119 e. The van der Waals surface area contributed by atoms with Gasteiger partial charge in [0.2, 0.25) is 0 Å². The molecule has 1 heteroatoms. The van der Waals surface area contributed by atoms with Crippen molar-refractivity contribution in [2.45, 2.75) is 27.2 Å².